The van der Waals surface area contributed by atoms with Crippen LogP contribution in [0.3, 0.4) is 0 Å². The van der Waals surface area contributed by atoms with E-state index in [1.807, 2.05) is 24.3 Å². The molecular weight excluding hydrogens is 444 g/mol. The molecule has 0 bridgehead atoms. The Hall–Kier alpha value is -3.35. The number of hydrogen-bond acceptors (Lipinski definition) is 4. The fourth-order valence-corrected chi connectivity index (χ4v) is 5.54. The van der Waals surface area contributed by atoms with E-state index in [1.165, 1.54) is 22.3 Å². The van der Waals surface area contributed by atoms with Crippen molar-refractivity contribution in [1.29, 1.82) is 0 Å². The van der Waals surface area contributed by atoms with E-state index < -0.39 is 12.1 Å². The molecule has 2 N–H and O–H groups in total. The van der Waals surface area contributed by atoms with Crippen LogP contribution in [0.5, 0.6) is 0 Å². The van der Waals surface area contributed by atoms with Gasteiger partial charge in [-0.15, -0.1) is 0 Å². The van der Waals surface area contributed by atoms with E-state index in [2.05, 4.69) is 29.6 Å². The van der Waals surface area contributed by atoms with Crippen molar-refractivity contribution in [2.24, 2.45) is 11.8 Å². The van der Waals surface area contributed by atoms with Crippen LogP contribution in [0.4, 0.5) is 4.79 Å². The van der Waals surface area contributed by atoms with Gasteiger partial charge in [-0.05, 0) is 60.3 Å². The lowest BCUT2D eigenvalue weighted by molar-refractivity contribution is -0.139. The highest BCUT2D eigenvalue weighted by molar-refractivity contribution is 5.80. The first-order valence-corrected chi connectivity index (χ1v) is 12.6. The first kappa shape index (κ1) is 23.4. The minimum atomic E-state index is -0.889. The van der Waals surface area contributed by atoms with E-state index in [4.69, 9.17) is 9.84 Å². The Labute approximate surface area is 205 Å². The minimum Gasteiger partial charge on any atom is -0.481 e. The van der Waals surface area contributed by atoms with Crippen LogP contribution in [0.2, 0.25) is 0 Å². The maximum atomic E-state index is 13.1. The van der Waals surface area contributed by atoms with E-state index in [-0.39, 0.29) is 43.4 Å². The summed E-state index contributed by atoms with van der Waals surface area (Å²) in [4.78, 5) is 38.4. The molecule has 3 aliphatic rings. The Balaban J connectivity index is 1.14. The van der Waals surface area contributed by atoms with Gasteiger partial charge in [-0.3, -0.25) is 9.59 Å². The standard InChI is InChI=1S/C28H32N2O5/c31-26(32)13-14-30(16-18-9-10-18)27(33)19-11-12-20(15-19)29-28(34)35-17-25-23-7-3-1-5-21(23)22-6-2-4-8-24(22)25/h1-8,18-20,25H,9-17H2,(H,29,34)(H,31,32). The molecule has 0 heterocycles. The molecule has 3 aliphatic carbocycles. The van der Waals surface area contributed by atoms with Crippen LogP contribution >= 0.6 is 0 Å². The van der Waals surface area contributed by atoms with Crippen molar-refractivity contribution in [3.8, 4) is 11.1 Å². The third-order valence-corrected chi connectivity index (χ3v) is 7.53. The number of ether oxygens (including phenoxy) is 1. The molecule has 0 spiro atoms. The van der Waals surface area contributed by atoms with Crippen molar-refractivity contribution in [2.45, 2.75) is 50.5 Å². The van der Waals surface area contributed by atoms with Gasteiger partial charge < -0.3 is 20.1 Å². The maximum absolute atomic E-state index is 13.1. The van der Waals surface area contributed by atoms with Crippen LogP contribution in [-0.4, -0.2) is 53.7 Å². The van der Waals surface area contributed by atoms with Gasteiger partial charge >= 0.3 is 12.1 Å². The zero-order valence-corrected chi connectivity index (χ0v) is 19.8. The molecule has 2 fully saturated rings. The Morgan fingerprint density at radius 3 is 2.23 bits per heavy atom. The van der Waals surface area contributed by atoms with Crippen molar-refractivity contribution in [2.75, 3.05) is 19.7 Å². The average molecular weight is 477 g/mol. The summed E-state index contributed by atoms with van der Waals surface area (Å²) >= 11 is 0. The molecule has 5 rings (SSSR count). The molecule has 0 radical (unpaired) electrons. The number of rotatable bonds is 9. The van der Waals surface area contributed by atoms with Gasteiger partial charge in [-0.2, -0.15) is 0 Å². The number of carboxylic acids is 1. The molecule has 2 atom stereocenters. The summed E-state index contributed by atoms with van der Waals surface area (Å²) in [5.41, 5.74) is 4.72. The molecule has 2 unspecified atom stereocenters. The smallest absolute Gasteiger partial charge is 0.407 e. The lowest BCUT2D eigenvalue weighted by Crippen LogP contribution is -2.39. The predicted octanol–water partition coefficient (Wildman–Crippen LogP) is 4.41. The van der Waals surface area contributed by atoms with Crippen molar-refractivity contribution in [1.82, 2.24) is 10.2 Å². The molecule has 0 aliphatic heterocycles. The summed E-state index contributed by atoms with van der Waals surface area (Å²) in [6.07, 6.45) is 3.70. The largest absolute Gasteiger partial charge is 0.481 e. The number of carbonyl (C=O) groups is 3. The highest BCUT2D eigenvalue weighted by atomic mass is 16.5. The Kier molecular flexibility index (Phi) is 6.75. The Morgan fingerprint density at radius 2 is 1.60 bits per heavy atom. The highest BCUT2D eigenvalue weighted by Gasteiger charge is 2.36. The Morgan fingerprint density at radius 1 is 0.943 bits per heavy atom. The second-order valence-electron chi connectivity index (χ2n) is 10.0. The van der Waals surface area contributed by atoms with Crippen LogP contribution in [0.15, 0.2) is 48.5 Å². The molecule has 7 nitrogen and oxygen atoms in total. The van der Waals surface area contributed by atoms with Crippen molar-refractivity contribution in [3.63, 3.8) is 0 Å². The Bertz CT molecular complexity index is 1070. The number of amides is 2. The van der Waals surface area contributed by atoms with E-state index in [1.54, 1.807) is 4.90 Å². The number of carboxylic acid groups (broad SMARTS) is 1. The minimum absolute atomic E-state index is 0.0104. The number of alkyl carbamates (subject to hydrolysis) is 1. The monoisotopic (exact) mass is 476 g/mol. The van der Waals surface area contributed by atoms with Gasteiger partial charge in [0.2, 0.25) is 5.91 Å². The molecule has 0 aromatic heterocycles. The summed E-state index contributed by atoms with van der Waals surface area (Å²) in [5, 5.41) is 12.0. The van der Waals surface area contributed by atoms with Gasteiger partial charge in [0, 0.05) is 31.0 Å². The van der Waals surface area contributed by atoms with Gasteiger partial charge in [-0.25, -0.2) is 4.79 Å². The third-order valence-electron chi connectivity index (χ3n) is 7.53. The average Bonchev–Trinajstić information content (AvgIpc) is 3.46. The molecule has 184 valence electrons. The van der Waals surface area contributed by atoms with Gasteiger partial charge in [0.25, 0.3) is 0 Å². The summed E-state index contributed by atoms with van der Waals surface area (Å²) in [5.74, 6) is -0.531. The van der Waals surface area contributed by atoms with Gasteiger partial charge in [0.05, 0.1) is 6.42 Å². The number of fused-ring (bicyclic) bond motifs is 3. The van der Waals surface area contributed by atoms with Crippen LogP contribution in [-0.2, 0) is 14.3 Å². The second-order valence-corrected chi connectivity index (χ2v) is 10.0. The third kappa shape index (κ3) is 5.34. The van der Waals surface area contributed by atoms with Crippen LogP contribution in [0.25, 0.3) is 11.1 Å². The van der Waals surface area contributed by atoms with Crippen LogP contribution < -0.4 is 5.32 Å². The quantitative estimate of drug-likeness (QED) is 0.559. The second kappa shape index (κ2) is 10.1. The van der Waals surface area contributed by atoms with Gasteiger partial charge in [0.1, 0.15) is 6.61 Å². The van der Waals surface area contributed by atoms with Crippen molar-refractivity contribution >= 4 is 18.0 Å². The molecule has 0 saturated heterocycles. The molecule has 2 aromatic rings. The topological polar surface area (TPSA) is 95.9 Å². The lowest BCUT2D eigenvalue weighted by Gasteiger charge is -2.25. The van der Waals surface area contributed by atoms with E-state index in [9.17, 15) is 14.4 Å². The fourth-order valence-electron chi connectivity index (χ4n) is 5.54. The molecular formula is C28H32N2O5. The summed E-state index contributed by atoms with van der Waals surface area (Å²) in [6.45, 7) is 1.16. The molecule has 2 aromatic carbocycles. The number of carbonyl (C=O) groups excluding carboxylic acids is 2. The SMILES string of the molecule is O=C(O)CCN(CC1CC1)C(=O)C1CCC(NC(=O)OCC2c3ccccc3-c3ccccc32)C1. The number of benzene rings is 2. The summed E-state index contributed by atoms with van der Waals surface area (Å²) < 4.78 is 5.66. The normalized spacial score (nSPS) is 20.7. The fraction of sp³-hybridized carbons (Fsp3) is 0.464. The van der Waals surface area contributed by atoms with E-state index in [0.29, 0.717) is 25.3 Å². The van der Waals surface area contributed by atoms with Crippen LogP contribution in [0, 0.1) is 11.8 Å². The number of aliphatic carboxylic acids is 1. The van der Waals surface area contributed by atoms with Gasteiger partial charge in [0.15, 0.2) is 0 Å². The molecule has 35 heavy (non-hydrogen) atoms. The zero-order chi connectivity index (χ0) is 24.4. The molecule has 7 heteroatoms. The van der Waals surface area contributed by atoms with Gasteiger partial charge in [-0.1, -0.05) is 48.5 Å². The van der Waals surface area contributed by atoms with Crippen molar-refractivity contribution in [3.05, 3.63) is 59.7 Å². The zero-order valence-electron chi connectivity index (χ0n) is 19.8. The number of hydrogen-bond donors (Lipinski definition) is 2. The number of nitrogens with one attached hydrogen (secondary N) is 1. The number of nitrogens with zero attached hydrogens (tertiary/aromatic N) is 1. The highest BCUT2D eigenvalue weighted by Crippen LogP contribution is 2.44. The van der Waals surface area contributed by atoms with Crippen LogP contribution in [0.1, 0.15) is 55.6 Å². The maximum Gasteiger partial charge on any atom is 0.407 e. The molecule has 2 saturated carbocycles. The summed E-state index contributed by atoms with van der Waals surface area (Å²) in [6, 6.07) is 16.3. The van der Waals surface area contributed by atoms with E-state index >= 15 is 0 Å². The first-order valence-electron chi connectivity index (χ1n) is 12.6. The van der Waals surface area contributed by atoms with Crippen molar-refractivity contribution < 1.29 is 24.2 Å². The predicted molar refractivity (Wildman–Crippen MR) is 131 cm³/mol. The molecule has 2 amide bonds. The van der Waals surface area contributed by atoms with E-state index in [0.717, 1.165) is 19.3 Å². The lowest BCUT2D eigenvalue weighted by atomic mass is 9.98. The summed E-state index contributed by atoms with van der Waals surface area (Å²) in [7, 11) is 0. The first-order chi connectivity index (χ1) is 17.0.